The Hall–Kier alpha value is -3.28. The molecule has 3 rings (SSSR count). The minimum atomic E-state index is -0.411. The van der Waals surface area contributed by atoms with Gasteiger partial charge in [0.2, 0.25) is 0 Å². The van der Waals surface area contributed by atoms with Gasteiger partial charge in [-0.15, -0.1) is 0 Å². The first-order valence-electron chi connectivity index (χ1n) is 7.77. The summed E-state index contributed by atoms with van der Waals surface area (Å²) >= 11 is 0. The van der Waals surface area contributed by atoms with Gasteiger partial charge in [-0.1, -0.05) is 0 Å². The predicted octanol–water partition coefficient (Wildman–Crippen LogP) is 3.45. The van der Waals surface area contributed by atoms with Crippen LogP contribution in [-0.4, -0.2) is 19.6 Å². The van der Waals surface area contributed by atoms with Gasteiger partial charge in [0, 0.05) is 22.7 Å². The molecule has 25 heavy (non-hydrogen) atoms. The van der Waals surface area contributed by atoms with Gasteiger partial charge in [-0.05, 0) is 49.4 Å². The Balaban J connectivity index is 1.84. The first-order valence-corrected chi connectivity index (χ1v) is 7.77. The number of hydrogen-bond acceptors (Lipinski definition) is 5. The van der Waals surface area contributed by atoms with Gasteiger partial charge in [-0.2, -0.15) is 0 Å². The smallest absolute Gasteiger partial charge is 0.336 e. The van der Waals surface area contributed by atoms with Gasteiger partial charge in [0.05, 0.1) is 13.7 Å². The lowest BCUT2D eigenvalue weighted by Crippen LogP contribution is -2.12. The fourth-order valence-corrected chi connectivity index (χ4v) is 2.44. The van der Waals surface area contributed by atoms with E-state index in [1.54, 1.807) is 42.5 Å². The summed E-state index contributed by atoms with van der Waals surface area (Å²) in [5, 5.41) is 3.54. The second kappa shape index (κ2) is 7.09. The SMILES string of the molecule is CCOc1ccc(C(=O)Nc2ccc3oc(=O)ccc3c2)cc1OC. The summed E-state index contributed by atoms with van der Waals surface area (Å²) in [7, 11) is 1.52. The van der Waals surface area contributed by atoms with Gasteiger partial charge in [0.15, 0.2) is 11.5 Å². The normalized spacial score (nSPS) is 10.5. The topological polar surface area (TPSA) is 77.8 Å². The summed E-state index contributed by atoms with van der Waals surface area (Å²) in [6.45, 7) is 2.39. The van der Waals surface area contributed by atoms with Crippen molar-refractivity contribution in [1.82, 2.24) is 0 Å². The fraction of sp³-hybridized carbons (Fsp3) is 0.158. The molecule has 6 heteroatoms. The lowest BCUT2D eigenvalue weighted by atomic mass is 10.1. The van der Waals surface area contributed by atoms with Crippen molar-refractivity contribution in [3.8, 4) is 11.5 Å². The van der Waals surface area contributed by atoms with Crippen LogP contribution in [0.2, 0.25) is 0 Å². The van der Waals surface area contributed by atoms with E-state index in [1.165, 1.54) is 13.2 Å². The van der Waals surface area contributed by atoms with Gasteiger partial charge in [0.1, 0.15) is 5.58 Å². The van der Waals surface area contributed by atoms with E-state index in [2.05, 4.69) is 5.32 Å². The Morgan fingerprint density at radius 1 is 1.08 bits per heavy atom. The Kier molecular flexibility index (Phi) is 4.70. The Labute approximate surface area is 144 Å². The van der Waals surface area contributed by atoms with Crippen molar-refractivity contribution in [1.29, 1.82) is 0 Å². The van der Waals surface area contributed by atoms with E-state index in [9.17, 15) is 9.59 Å². The minimum absolute atomic E-state index is 0.280. The van der Waals surface area contributed by atoms with Crippen LogP contribution in [0.15, 0.2) is 57.7 Å². The van der Waals surface area contributed by atoms with Crippen molar-refractivity contribution in [2.75, 3.05) is 19.0 Å². The molecule has 0 aliphatic heterocycles. The number of amides is 1. The third kappa shape index (κ3) is 3.63. The molecular formula is C19H17NO5. The van der Waals surface area contributed by atoms with Gasteiger partial charge >= 0.3 is 5.63 Å². The van der Waals surface area contributed by atoms with Gasteiger partial charge in [0.25, 0.3) is 5.91 Å². The molecule has 1 amide bonds. The average molecular weight is 339 g/mol. The maximum absolute atomic E-state index is 12.5. The monoisotopic (exact) mass is 339 g/mol. The van der Waals surface area contributed by atoms with E-state index in [-0.39, 0.29) is 5.91 Å². The molecule has 0 saturated carbocycles. The molecule has 2 aromatic carbocycles. The predicted molar refractivity (Wildman–Crippen MR) is 94.6 cm³/mol. The van der Waals surface area contributed by atoms with Crippen LogP contribution < -0.4 is 20.4 Å². The number of anilines is 1. The van der Waals surface area contributed by atoms with Gasteiger partial charge in [-0.25, -0.2) is 4.79 Å². The fourth-order valence-electron chi connectivity index (χ4n) is 2.44. The Morgan fingerprint density at radius 3 is 2.68 bits per heavy atom. The van der Waals surface area contributed by atoms with E-state index < -0.39 is 5.63 Å². The van der Waals surface area contributed by atoms with E-state index in [0.717, 1.165) is 5.39 Å². The van der Waals surface area contributed by atoms with Crippen molar-refractivity contribution >= 4 is 22.6 Å². The van der Waals surface area contributed by atoms with Crippen molar-refractivity contribution < 1.29 is 18.7 Å². The molecule has 0 radical (unpaired) electrons. The van der Waals surface area contributed by atoms with Crippen molar-refractivity contribution in [3.05, 3.63) is 64.5 Å². The quantitative estimate of drug-likeness (QED) is 0.720. The maximum Gasteiger partial charge on any atom is 0.336 e. The summed E-state index contributed by atoms with van der Waals surface area (Å²) in [5.41, 5.74) is 1.10. The second-order valence-electron chi connectivity index (χ2n) is 5.26. The first-order chi connectivity index (χ1) is 12.1. The van der Waals surface area contributed by atoms with E-state index in [0.29, 0.717) is 34.9 Å². The summed E-state index contributed by atoms with van der Waals surface area (Å²) in [6, 6.07) is 13.0. The highest BCUT2D eigenvalue weighted by molar-refractivity contribution is 6.05. The molecule has 3 aromatic rings. The highest BCUT2D eigenvalue weighted by Gasteiger charge is 2.12. The van der Waals surface area contributed by atoms with E-state index in [1.807, 2.05) is 6.92 Å². The minimum Gasteiger partial charge on any atom is -0.493 e. The molecule has 0 unspecified atom stereocenters. The van der Waals surface area contributed by atoms with Crippen LogP contribution in [0.3, 0.4) is 0 Å². The lowest BCUT2D eigenvalue weighted by Gasteiger charge is -2.11. The number of ether oxygens (including phenoxy) is 2. The molecule has 1 aromatic heterocycles. The standard InChI is InChI=1S/C19H17NO5/c1-3-24-16-7-4-13(11-17(16)23-2)19(22)20-14-6-8-15-12(10-14)5-9-18(21)25-15/h4-11H,3H2,1-2H3,(H,20,22). The molecule has 0 aliphatic rings. The number of rotatable bonds is 5. The number of carbonyl (C=O) groups excluding carboxylic acids is 1. The van der Waals surface area contributed by atoms with Crippen LogP contribution in [-0.2, 0) is 0 Å². The van der Waals surface area contributed by atoms with Gasteiger partial charge < -0.3 is 19.2 Å². The molecule has 6 nitrogen and oxygen atoms in total. The zero-order valence-electron chi connectivity index (χ0n) is 13.9. The number of carbonyl (C=O) groups is 1. The molecule has 128 valence electrons. The highest BCUT2D eigenvalue weighted by atomic mass is 16.5. The molecule has 0 spiro atoms. The van der Waals surface area contributed by atoms with Crippen LogP contribution in [0.1, 0.15) is 17.3 Å². The average Bonchev–Trinajstić information content (AvgIpc) is 2.62. The highest BCUT2D eigenvalue weighted by Crippen LogP contribution is 2.28. The second-order valence-corrected chi connectivity index (χ2v) is 5.26. The summed E-state index contributed by atoms with van der Waals surface area (Å²) in [4.78, 5) is 23.7. The third-order valence-corrected chi connectivity index (χ3v) is 3.60. The Bertz CT molecular complexity index is 977. The molecule has 0 bridgehead atoms. The van der Waals surface area contributed by atoms with Crippen LogP contribution in [0, 0.1) is 0 Å². The molecule has 0 fully saturated rings. The zero-order valence-corrected chi connectivity index (χ0v) is 13.9. The lowest BCUT2D eigenvalue weighted by molar-refractivity contribution is 0.102. The molecule has 0 atom stereocenters. The summed E-state index contributed by atoms with van der Waals surface area (Å²) < 4.78 is 15.8. The molecule has 1 N–H and O–H groups in total. The van der Waals surface area contributed by atoms with Crippen LogP contribution in [0.4, 0.5) is 5.69 Å². The van der Waals surface area contributed by atoms with Crippen LogP contribution in [0.5, 0.6) is 11.5 Å². The van der Waals surface area contributed by atoms with Gasteiger partial charge in [-0.3, -0.25) is 4.79 Å². The molecule has 0 saturated heterocycles. The molecule has 1 heterocycles. The number of nitrogens with one attached hydrogen (secondary N) is 1. The third-order valence-electron chi connectivity index (χ3n) is 3.60. The summed E-state index contributed by atoms with van der Waals surface area (Å²) in [6.07, 6.45) is 0. The van der Waals surface area contributed by atoms with Crippen LogP contribution >= 0.6 is 0 Å². The van der Waals surface area contributed by atoms with Crippen molar-refractivity contribution in [2.24, 2.45) is 0 Å². The molecular weight excluding hydrogens is 322 g/mol. The number of methoxy groups -OCH3 is 1. The largest absolute Gasteiger partial charge is 0.493 e. The summed E-state index contributed by atoms with van der Waals surface area (Å²) in [5.74, 6) is 0.801. The van der Waals surface area contributed by atoms with Crippen molar-refractivity contribution in [3.63, 3.8) is 0 Å². The number of hydrogen-bond donors (Lipinski definition) is 1. The number of benzene rings is 2. The maximum atomic E-state index is 12.5. The van der Waals surface area contributed by atoms with E-state index in [4.69, 9.17) is 13.9 Å². The van der Waals surface area contributed by atoms with E-state index >= 15 is 0 Å². The van der Waals surface area contributed by atoms with Crippen molar-refractivity contribution in [2.45, 2.75) is 6.92 Å². The first kappa shape index (κ1) is 16.6. The molecule has 0 aliphatic carbocycles. The number of fused-ring (bicyclic) bond motifs is 1. The zero-order chi connectivity index (χ0) is 17.8. The van der Waals surface area contributed by atoms with Crippen LogP contribution in [0.25, 0.3) is 11.0 Å². The Morgan fingerprint density at radius 2 is 1.92 bits per heavy atom.